The van der Waals surface area contributed by atoms with Crippen molar-refractivity contribution in [2.45, 2.75) is 33.2 Å². The van der Waals surface area contributed by atoms with Crippen LogP contribution in [0.3, 0.4) is 0 Å². The third-order valence-corrected chi connectivity index (χ3v) is 3.28. The summed E-state index contributed by atoms with van der Waals surface area (Å²) >= 11 is 0. The van der Waals surface area contributed by atoms with Crippen molar-refractivity contribution in [2.24, 2.45) is 0 Å². The number of benzene rings is 1. The van der Waals surface area contributed by atoms with Gasteiger partial charge in [-0.05, 0) is 36.1 Å². The second-order valence-electron chi connectivity index (χ2n) is 5.13. The van der Waals surface area contributed by atoms with Gasteiger partial charge in [-0.15, -0.1) is 0 Å². The van der Waals surface area contributed by atoms with E-state index in [1.807, 2.05) is 13.0 Å². The molecule has 0 bridgehead atoms. The molecule has 1 heterocycles. The predicted octanol–water partition coefficient (Wildman–Crippen LogP) is 3.42. The first-order valence-electron chi connectivity index (χ1n) is 7.03. The van der Waals surface area contributed by atoms with Crippen LogP contribution in [-0.4, -0.2) is 11.2 Å². The fourth-order valence-electron chi connectivity index (χ4n) is 2.11. The molecule has 0 aliphatic rings. The fourth-order valence-corrected chi connectivity index (χ4v) is 2.11. The SMILES string of the molecule is CCOc1cccn(Cc2ccc(C(C)C)cc2)c1=O. The Hall–Kier alpha value is -2.03. The van der Waals surface area contributed by atoms with Crippen LogP contribution in [0.15, 0.2) is 47.4 Å². The summed E-state index contributed by atoms with van der Waals surface area (Å²) in [7, 11) is 0. The molecule has 0 fully saturated rings. The molecule has 1 aromatic carbocycles. The van der Waals surface area contributed by atoms with Crippen molar-refractivity contribution in [2.75, 3.05) is 6.61 Å². The summed E-state index contributed by atoms with van der Waals surface area (Å²) in [5.41, 5.74) is 2.34. The third-order valence-electron chi connectivity index (χ3n) is 3.28. The van der Waals surface area contributed by atoms with E-state index in [0.29, 0.717) is 24.8 Å². The number of hydrogen-bond acceptors (Lipinski definition) is 2. The Morgan fingerprint density at radius 1 is 1.15 bits per heavy atom. The molecule has 20 heavy (non-hydrogen) atoms. The molecule has 2 rings (SSSR count). The number of pyridine rings is 1. The highest BCUT2D eigenvalue weighted by Gasteiger charge is 2.05. The van der Waals surface area contributed by atoms with E-state index in [-0.39, 0.29) is 5.56 Å². The largest absolute Gasteiger partial charge is 0.488 e. The predicted molar refractivity (Wildman–Crippen MR) is 81.5 cm³/mol. The van der Waals surface area contributed by atoms with Crippen molar-refractivity contribution in [3.63, 3.8) is 0 Å². The summed E-state index contributed by atoms with van der Waals surface area (Å²) in [6, 6.07) is 12.0. The normalized spacial score (nSPS) is 10.8. The van der Waals surface area contributed by atoms with Gasteiger partial charge >= 0.3 is 0 Å². The molecule has 3 nitrogen and oxygen atoms in total. The zero-order valence-electron chi connectivity index (χ0n) is 12.3. The first kappa shape index (κ1) is 14.4. The van der Waals surface area contributed by atoms with Crippen LogP contribution in [0.4, 0.5) is 0 Å². The molecule has 0 amide bonds. The second-order valence-corrected chi connectivity index (χ2v) is 5.13. The van der Waals surface area contributed by atoms with Crippen LogP contribution in [0.2, 0.25) is 0 Å². The van der Waals surface area contributed by atoms with E-state index >= 15 is 0 Å². The smallest absolute Gasteiger partial charge is 0.293 e. The van der Waals surface area contributed by atoms with Crippen LogP contribution in [0.1, 0.15) is 37.8 Å². The molecule has 2 aromatic rings. The molecule has 0 aliphatic heterocycles. The molecule has 0 N–H and O–H groups in total. The maximum Gasteiger partial charge on any atom is 0.293 e. The van der Waals surface area contributed by atoms with Gasteiger partial charge in [0.2, 0.25) is 0 Å². The molecule has 0 spiro atoms. The van der Waals surface area contributed by atoms with E-state index < -0.39 is 0 Å². The molecular formula is C17H21NO2. The lowest BCUT2D eigenvalue weighted by Crippen LogP contribution is -2.21. The Labute approximate surface area is 119 Å². The average molecular weight is 271 g/mol. The Morgan fingerprint density at radius 3 is 2.45 bits per heavy atom. The van der Waals surface area contributed by atoms with Gasteiger partial charge in [0.05, 0.1) is 13.2 Å². The van der Waals surface area contributed by atoms with E-state index in [9.17, 15) is 4.79 Å². The summed E-state index contributed by atoms with van der Waals surface area (Å²) in [5.74, 6) is 0.932. The molecule has 1 aromatic heterocycles. The molecule has 0 radical (unpaired) electrons. The van der Waals surface area contributed by atoms with Gasteiger partial charge in [0.1, 0.15) is 0 Å². The minimum atomic E-state index is -0.0812. The Bertz CT molecular complexity index is 612. The Balaban J connectivity index is 2.21. The quantitative estimate of drug-likeness (QED) is 0.834. The number of ether oxygens (including phenoxy) is 1. The van der Waals surface area contributed by atoms with Crippen LogP contribution in [0.5, 0.6) is 5.75 Å². The van der Waals surface area contributed by atoms with Crippen molar-refractivity contribution in [3.8, 4) is 5.75 Å². The van der Waals surface area contributed by atoms with Crippen LogP contribution >= 0.6 is 0 Å². The lowest BCUT2D eigenvalue weighted by atomic mass is 10.0. The molecule has 3 heteroatoms. The van der Waals surface area contributed by atoms with Crippen LogP contribution in [0, 0.1) is 0 Å². The average Bonchev–Trinajstić information content (AvgIpc) is 2.44. The number of aromatic nitrogens is 1. The van der Waals surface area contributed by atoms with Gasteiger partial charge in [0.25, 0.3) is 5.56 Å². The Morgan fingerprint density at radius 2 is 1.85 bits per heavy atom. The summed E-state index contributed by atoms with van der Waals surface area (Å²) in [6.45, 7) is 7.29. The van der Waals surface area contributed by atoms with Crippen LogP contribution in [0.25, 0.3) is 0 Å². The molecule has 0 atom stereocenters. The molecule has 0 unspecified atom stereocenters. The van der Waals surface area contributed by atoms with E-state index in [2.05, 4.69) is 38.1 Å². The summed E-state index contributed by atoms with van der Waals surface area (Å²) in [6.07, 6.45) is 1.79. The summed E-state index contributed by atoms with van der Waals surface area (Å²) in [5, 5.41) is 0. The van der Waals surface area contributed by atoms with E-state index in [0.717, 1.165) is 5.56 Å². The van der Waals surface area contributed by atoms with Crippen molar-refractivity contribution < 1.29 is 4.74 Å². The number of nitrogens with zero attached hydrogens (tertiary/aromatic N) is 1. The van der Waals surface area contributed by atoms with Gasteiger partial charge in [0, 0.05) is 6.20 Å². The van der Waals surface area contributed by atoms with Crippen LogP contribution in [-0.2, 0) is 6.54 Å². The Kier molecular flexibility index (Phi) is 4.61. The first-order chi connectivity index (χ1) is 9.61. The molecule has 0 aliphatic carbocycles. The van der Waals surface area contributed by atoms with Gasteiger partial charge < -0.3 is 9.30 Å². The third kappa shape index (κ3) is 3.29. The standard InChI is InChI=1S/C17H21NO2/c1-4-20-16-6-5-11-18(17(16)19)12-14-7-9-15(10-8-14)13(2)3/h5-11,13H,4,12H2,1-3H3. The van der Waals surface area contributed by atoms with Crippen molar-refractivity contribution in [1.82, 2.24) is 4.57 Å². The van der Waals surface area contributed by atoms with Gasteiger partial charge in [-0.3, -0.25) is 4.79 Å². The zero-order valence-corrected chi connectivity index (χ0v) is 12.3. The van der Waals surface area contributed by atoms with Crippen LogP contribution < -0.4 is 10.3 Å². The highest BCUT2D eigenvalue weighted by molar-refractivity contribution is 5.25. The molecule has 0 saturated carbocycles. The minimum Gasteiger partial charge on any atom is -0.488 e. The highest BCUT2D eigenvalue weighted by Crippen LogP contribution is 2.15. The first-order valence-corrected chi connectivity index (χ1v) is 7.03. The number of hydrogen-bond donors (Lipinski definition) is 0. The minimum absolute atomic E-state index is 0.0812. The molecule has 0 saturated heterocycles. The summed E-state index contributed by atoms with van der Waals surface area (Å²) in [4.78, 5) is 12.2. The van der Waals surface area contributed by atoms with E-state index in [4.69, 9.17) is 4.74 Å². The summed E-state index contributed by atoms with van der Waals surface area (Å²) < 4.78 is 7.01. The fraction of sp³-hybridized carbons (Fsp3) is 0.353. The topological polar surface area (TPSA) is 31.2 Å². The monoisotopic (exact) mass is 271 g/mol. The zero-order chi connectivity index (χ0) is 14.5. The van der Waals surface area contributed by atoms with Gasteiger partial charge in [0.15, 0.2) is 5.75 Å². The van der Waals surface area contributed by atoms with E-state index in [1.165, 1.54) is 5.56 Å². The maximum absolute atomic E-state index is 12.2. The lowest BCUT2D eigenvalue weighted by Gasteiger charge is -2.10. The highest BCUT2D eigenvalue weighted by atomic mass is 16.5. The van der Waals surface area contributed by atoms with Crippen molar-refractivity contribution in [1.29, 1.82) is 0 Å². The van der Waals surface area contributed by atoms with Gasteiger partial charge in [-0.1, -0.05) is 38.1 Å². The maximum atomic E-state index is 12.2. The van der Waals surface area contributed by atoms with Crippen molar-refractivity contribution >= 4 is 0 Å². The van der Waals surface area contributed by atoms with Gasteiger partial charge in [-0.25, -0.2) is 0 Å². The van der Waals surface area contributed by atoms with Gasteiger partial charge in [-0.2, -0.15) is 0 Å². The molecular weight excluding hydrogens is 250 g/mol. The molecule has 106 valence electrons. The van der Waals surface area contributed by atoms with Crippen molar-refractivity contribution in [3.05, 3.63) is 64.1 Å². The van der Waals surface area contributed by atoms with E-state index in [1.54, 1.807) is 16.8 Å². The number of rotatable bonds is 5. The second kappa shape index (κ2) is 6.42. The lowest BCUT2D eigenvalue weighted by molar-refractivity contribution is 0.332.